The number of aromatic nitrogens is 1. The van der Waals surface area contributed by atoms with Crippen molar-refractivity contribution in [3.05, 3.63) is 54.7 Å². The van der Waals surface area contributed by atoms with Crippen LogP contribution in [0.4, 0.5) is 11.4 Å². The zero-order valence-electron chi connectivity index (χ0n) is 19.1. The minimum Gasteiger partial charge on any atom is -0.483 e. The van der Waals surface area contributed by atoms with E-state index in [0.717, 1.165) is 55.9 Å². The standard InChI is InChI=1S/C23H28N4O3S.CH2O2/c1-30-18-9-13-26(17-18)22-5-2-3-8-23(22)31(28,29)27-14-10-19-20(6-4-7-21(19)27)25-15-11-24-12-16-25;2-1-3/h2-8,10,14,18,24H,9,11-13,15-17H2,1H3;1H,(H,2,3). The van der Waals surface area contributed by atoms with Crippen molar-refractivity contribution >= 4 is 38.8 Å². The molecule has 0 amide bonds. The van der Waals surface area contributed by atoms with Crippen molar-refractivity contribution in [1.29, 1.82) is 0 Å². The summed E-state index contributed by atoms with van der Waals surface area (Å²) >= 11 is 0. The second-order valence-corrected chi connectivity index (χ2v) is 10.0. The molecule has 1 atom stereocenters. The van der Waals surface area contributed by atoms with E-state index in [1.165, 1.54) is 3.97 Å². The lowest BCUT2D eigenvalue weighted by Crippen LogP contribution is -2.43. The van der Waals surface area contributed by atoms with Crippen LogP contribution in [0.2, 0.25) is 0 Å². The number of nitrogens with zero attached hydrogens (tertiary/aromatic N) is 3. The Morgan fingerprint density at radius 1 is 1.00 bits per heavy atom. The maximum atomic E-state index is 13.8. The summed E-state index contributed by atoms with van der Waals surface area (Å²) in [5.74, 6) is 0. The van der Waals surface area contributed by atoms with Gasteiger partial charge in [-0.15, -0.1) is 0 Å². The largest absolute Gasteiger partial charge is 0.483 e. The average molecular weight is 487 g/mol. The molecule has 182 valence electrons. The second-order valence-electron chi connectivity index (χ2n) is 8.23. The normalized spacial score (nSPS) is 18.6. The molecule has 0 spiro atoms. The summed E-state index contributed by atoms with van der Waals surface area (Å²) in [4.78, 5) is 13.1. The fourth-order valence-corrected chi connectivity index (χ4v) is 6.26. The van der Waals surface area contributed by atoms with Crippen molar-refractivity contribution in [2.75, 3.05) is 56.2 Å². The molecule has 3 heterocycles. The second kappa shape index (κ2) is 10.5. The number of anilines is 2. The minimum absolute atomic E-state index is 0.129. The van der Waals surface area contributed by atoms with E-state index in [4.69, 9.17) is 14.6 Å². The van der Waals surface area contributed by atoms with E-state index < -0.39 is 10.0 Å². The van der Waals surface area contributed by atoms with Crippen molar-refractivity contribution in [2.24, 2.45) is 0 Å². The van der Waals surface area contributed by atoms with Crippen LogP contribution in [0.5, 0.6) is 0 Å². The van der Waals surface area contributed by atoms with Gasteiger partial charge in [-0.3, -0.25) is 4.79 Å². The summed E-state index contributed by atoms with van der Waals surface area (Å²) in [6.45, 7) is 4.92. The van der Waals surface area contributed by atoms with Gasteiger partial charge in [0.2, 0.25) is 0 Å². The summed E-state index contributed by atoms with van der Waals surface area (Å²) in [7, 11) is -2.05. The smallest absolute Gasteiger partial charge is 0.290 e. The Balaban J connectivity index is 0.000000868. The summed E-state index contributed by atoms with van der Waals surface area (Å²) in [6, 6.07) is 15.1. The molecule has 1 unspecified atom stereocenters. The molecule has 2 N–H and O–H groups in total. The fraction of sp³-hybridized carbons (Fsp3) is 0.375. The number of piperazine rings is 1. The summed E-state index contributed by atoms with van der Waals surface area (Å²) < 4.78 is 34.5. The maximum Gasteiger partial charge on any atom is 0.290 e. The van der Waals surface area contributed by atoms with E-state index in [9.17, 15) is 8.42 Å². The molecule has 1 aromatic heterocycles. The van der Waals surface area contributed by atoms with Gasteiger partial charge in [0.1, 0.15) is 4.90 Å². The van der Waals surface area contributed by atoms with Crippen LogP contribution in [-0.2, 0) is 19.6 Å². The molecule has 0 saturated carbocycles. The third-order valence-electron chi connectivity index (χ3n) is 6.35. The van der Waals surface area contributed by atoms with Gasteiger partial charge in [-0.05, 0) is 36.8 Å². The van der Waals surface area contributed by atoms with E-state index in [1.54, 1.807) is 25.4 Å². The number of para-hydroxylation sites is 1. The molecule has 0 bridgehead atoms. The van der Waals surface area contributed by atoms with Crippen LogP contribution >= 0.6 is 0 Å². The van der Waals surface area contributed by atoms with Gasteiger partial charge in [0, 0.05) is 63.6 Å². The van der Waals surface area contributed by atoms with E-state index in [0.29, 0.717) is 17.0 Å². The van der Waals surface area contributed by atoms with Crippen LogP contribution in [0.3, 0.4) is 0 Å². The lowest BCUT2D eigenvalue weighted by atomic mass is 10.2. The number of methoxy groups -OCH3 is 1. The Bertz CT molecular complexity index is 1240. The van der Waals surface area contributed by atoms with Crippen LogP contribution in [-0.4, -0.2) is 76.5 Å². The van der Waals surface area contributed by atoms with Crippen LogP contribution in [0.15, 0.2) is 59.6 Å². The maximum absolute atomic E-state index is 13.8. The molecule has 2 aliphatic heterocycles. The SMILES string of the molecule is COC1CCN(c2ccccc2S(=O)(=O)n2ccc3c(N4CCNCC4)cccc32)C1.O=CO. The van der Waals surface area contributed by atoms with Gasteiger partial charge in [0.05, 0.1) is 17.3 Å². The molecular weight excluding hydrogens is 456 g/mol. The first kappa shape index (κ1) is 24.1. The number of hydrogen-bond acceptors (Lipinski definition) is 7. The highest BCUT2D eigenvalue weighted by molar-refractivity contribution is 7.90. The molecule has 2 aliphatic rings. The highest BCUT2D eigenvalue weighted by atomic mass is 32.2. The van der Waals surface area contributed by atoms with Gasteiger partial charge < -0.3 is 25.0 Å². The van der Waals surface area contributed by atoms with Gasteiger partial charge >= 0.3 is 0 Å². The number of carbonyl (C=O) groups is 1. The van der Waals surface area contributed by atoms with Crippen LogP contribution < -0.4 is 15.1 Å². The molecule has 34 heavy (non-hydrogen) atoms. The van der Waals surface area contributed by atoms with E-state index in [2.05, 4.69) is 21.2 Å². The highest BCUT2D eigenvalue weighted by Gasteiger charge is 2.29. The quantitative estimate of drug-likeness (QED) is 0.529. The first-order chi connectivity index (χ1) is 16.5. The summed E-state index contributed by atoms with van der Waals surface area (Å²) in [6.07, 6.45) is 2.71. The molecule has 9 nitrogen and oxygen atoms in total. The third-order valence-corrected chi connectivity index (χ3v) is 8.09. The Kier molecular flexibility index (Phi) is 7.40. The topological polar surface area (TPSA) is 104 Å². The fourth-order valence-electron chi connectivity index (χ4n) is 4.70. The molecule has 5 rings (SSSR count). The molecule has 0 radical (unpaired) electrons. The zero-order chi connectivity index (χ0) is 24.1. The molecule has 2 fully saturated rings. The van der Waals surface area contributed by atoms with Crippen molar-refractivity contribution in [3.63, 3.8) is 0 Å². The Morgan fingerprint density at radius 3 is 2.41 bits per heavy atom. The Hall–Kier alpha value is -3.08. The predicted molar refractivity (Wildman–Crippen MR) is 132 cm³/mol. The number of fused-ring (bicyclic) bond motifs is 1. The van der Waals surface area contributed by atoms with Crippen molar-refractivity contribution in [2.45, 2.75) is 17.4 Å². The highest BCUT2D eigenvalue weighted by Crippen LogP contribution is 2.34. The number of hydrogen-bond donors (Lipinski definition) is 2. The predicted octanol–water partition coefficient (Wildman–Crippen LogP) is 2.21. The van der Waals surface area contributed by atoms with Crippen molar-refractivity contribution in [3.8, 4) is 0 Å². The lowest BCUT2D eigenvalue weighted by molar-refractivity contribution is -0.122. The van der Waals surface area contributed by atoms with Gasteiger partial charge in [-0.2, -0.15) is 0 Å². The first-order valence-electron chi connectivity index (χ1n) is 11.3. The van der Waals surface area contributed by atoms with E-state index >= 15 is 0 Å². The number of carboxylic acid groups (broad SMARTS) is 1. The number of ether oxygens (including phenoxy) is 1. The molecule has 10 heteroatoms. The van der Waals surface area contributed by atoms with Crippen molar-refractivity contribution < 1.29 is 23.1 Å². The van der Waals surface area contributed by atoms with Crippen LogP contribution in [0.25, 0.3) is 10.9 Å². The Morgan fingerprint density at radius 2 is 1.71 bits per heavy atom. The Labute approximate surface area is 199 Å². The van der Waals surface area contributed by atoms with Crippen molar-refractivity contribution in [1.82, 2.24) is 9.29 Å². The van der Waals surface area contributed by atoms with Gasteiger partial charge in [-0.1, -0.05) is 18.2 Å². The van der Waals surface area contributed by atoms with Crippen LogP contribution in [0.1, 0.15) is 6.42 Å². The third kappa shape index (κ3) is 4.61. The minimum atomic E-state index is -3.76. The molecule has 2 saturated heterocycles. The average Bonchev–Trinajstić information content (AvgIpc) is 3.53. The molecule has 2 aromatic carbocycles. The summed E-state index contributed by atoms with van der Waals surface area (Å²) in [5, 5.41) is 11.2. The lowest BCUT2D eigenvalue weighted by Gasteiger charge is -2.30. The summed E-state index contributed by atoms with van der Waals surface area (Å²) in [5.41, 5.74) is 2.54. The zero-order valence-corrected chi connectivity index (χ0v) is 19.9. The van der Waals surface area contributed by atoms with E-state index in [1.807, 2.05) is 30.3 Å². The van der Waals surface area contributed by atoms with E-state index in [-0.39, 0.29) is 12.6 Å². The number of nitrogens with one attached hydrogen (secondary N) is 1. The number of rotatable bonds is 5. The number of benzene rings is 2. The van der Waals surface area contributed by atoms with Gasteiger partial charge in [-0.25, -0.2) is 12.4 Å². The molecule has 0 aliphatic carbocycles. The van der Waals surface area contributed by atoms with Gasteiger partial charge in [0.25, 0.3) is 16.5 Å². The monoisotopic (exact) mass is 486 g/mol. The molecule has 3 aromatic rings. The molecular formula is C24H30N4O5S. The first-order valence-corrected chi connectivity index (χ1v) is 12.7. The van der Waals surface area contributed by atoms with Gasteiger partial charge in [0.15, 0.2) is 0 Å². The van der Waals surface area contributed by atoms with Crippen LogP contribution in [0, 0.1) is 0 Å².